The number of Topliss-reactive ketones (excluding diaryl/α,β-unsaturated/α-hetero) is 2. The van der Waals surface area contributed by atoms with Crippen molar-refractivity contribution in [2.75, 3.05) is 0 Å². The van der Waals surface area contributed by atoms with Gasteiger partial charge in [-0.25, -0.2) is 0 Å². The van der Waals surface area contributed by atoms with E-state index in [2.05, 4.69) is 65.8 Å². The summed E-state index contributed by atoms with van der Waals surface area (Å²) >= 11 is 0. The minimum absolute atomic E-state index is 0.00311. The Hall–Kier alpha value is -2.74. The van der Waals surface area contributed by atoms with Crippen LogP contribution in [0, 0.1) is 5.92 Å². The molecule has 0 saturated carbocycles. The van der Waals surface area contributed by atoms with E-state index in [1.165, 1.54) is 22.3 Å². The molecule has 0 fully saturated rings. The smallest absolute Gasteiger partial charge is 0.190 e. The molecule has 0 heterocycles. The summed E-state index contributed by atoms with van der Waals surface area (Å²) in [7, 11) is 0. The summed E-state index contributed by atoms with van der Waals surface area (Å²) < 4.78 is 0. The molecular weight excluding hydrogens is 404 g/mol. The standard InChI is InChI=1S/C31H40O2/c1-21(2)12-10-14-23(5)18-19-26(20-24(6)15-11-13-22(3)4)29-25(7)30(32)27-16-8-9-17-28(27)31(29)33/h8-9,12-13,16-18,20,26H,10-11,14-15,19H2,1-7H3. The molecule has 1 aromatic carbocycles. The molecule has 0 saturated heterocycles. The van der Waals surface area contributed by atoms with Crippen molar-refractivity contribution in [2.24, 2.45) is 5.92 Å². The average molecular weight is 445 g/mol. The van der Waals surface area contributed by atoms with E-state index in [0.717, 1.165) is 32.1 Å². The summed E-state index contributed by atoms with van der Waals surface area (Å²) in [4.78, 5) is 26.6. The minimum atomic E-state index is -0.0973. The van der Waals surface area contributed by atoms with Gasteiger partial charge in [-0.2, -0.15) is 0 Å². The highest BCUT2D eigenvalue weighted by Gasteiger charge is 2.32. The first-order valence-electron chi connectivity index (χ1n) is 12.1. The predicted octanol–water partition coefficient (Wildman–Crippen LogP) is 8.77. The summed E-state index contributed by atoms with van der Waals surface area (Å²) in [6.07, 6.45) is 13.7. The zero-order chi connectivity index (χ0) is 24.5. The van der Waals surface area contributed by atoms with Gasteiger partial charge in [-0.05, 0) is 80.6 Å². The maximum atomic E-state index is 13.5. The van der Waals surface area contributed by atoms with E-state index >= 15 is 0 Å². The fraction of sp³-hybridized carbons (Fsp3) is 0.419. The molecule has 1 atom stereocenters. The first kappa shape index (κ1) is 26.5. The van der Waals surface area contributed by atoms with Crippen LogP contribution in [0.1, 0.15) is 101 Å². The Morgan fingerprint density at radius 1 is 0.758 bits per heavy atom. The number of carbonyl (C=O) groups is 2. The van der Waals surface area contributed by atoms with Gasteiger partial charge < -0.3 is 0 Å². The first-order valence-corrected chi connectivity index (χ1v) is 12.1. The molecule has 1 unspecified atom stereocenters. The lowest BCUT2D eigenvalue weighted by Gasteiger charge is -2.24. The monoisotopic (exact) mass is 444 g/mol. The Kier molecular flexibility index (Phi) is 10.0. The molecule has 2 heteroatoms. The van der Waals surface area contributed by atoms with Crippen molar-refractivity contribution in [3.63, 3.8) is 0 Å². The molecule has 2 nitrogen and oxygen atoms in total. The lowest BCUT2D eigenvalue weighted by atomic mass is 9.77. The number of hydrogen-bond donors (Lipinski definition) is 0. The van der Waals surface area contributed by atoms with Crippen molar-refractivity contribution in [1.29, 1.82) is 0 Å². The molecule has 176 valence electrons. The van der Waals surface area contributed by atoms with Crippen LogP contribution in [0.3, 0.4) is 0 Å². The highest BCUT2D eigenvalue weighted by atomic mass is 16.1. The van der Waals surface area contributed by atoms with Crippen molar-refractivity contribution in [1.82, 2.24) is 0 Å². The van der Waals surface area contributed by atoms with Crippen LogP contribution in [0.15, 0.2) is 82.0 Å². The third kappa shape index (κ3) is 7.67. The number of hydrogen-bond acceptors (Lipinski definition) is 2. The van der Waals surface area contributed by atoms with Gasteiger partial charge in [0, 0.05) is 28.2 Å². The second kappa shape index (κ2) is 12.5. The van der Waals surface area contributed by atoms with Crippen molar-refractivity contribution in [2.45, 2.75) is 80.6 Å². The summed E-state index contributed by atoms with van der Waals surface area (Å²) in [5, 5.41) is 0. The third-order valence-corrected chi connectivity index (χ3v) is 6.16. The zero-order valence-electron chi connectivity index (χ0n) is 21.5. The first-order chi connectivity index (χ1) is 15.6. The Balaban J connectivity index is 2.38. The molecule has 0 radical (unpaired) electrons. The topological polar surface area (TPSA) is 34.1 Å². The van der Waals surface area contributed by atoms with Gasteiger partial charge in [-0.3, -0.25) is 9.59 Å². The Morgan fingerprint density at radius 3 is 1.82 bits per heavy atom. The van der Waals surface area contributed by atoms with E-state index in [1.807, 2.05) is 19.1 Å². The summed E-state index contributed by atoms with van der Waals surface area (Å²) in [5.74, 6) is -0.124. The maximum Gasteiger partial charge on any atom is 0.190 e. The molecule has 0 spiro atoms. The van der Waals surface area contributed by atoms with Gasteiger partial charge in [-0.15, -0.1) is 0 Å². The number of allylic oxidation sites excluding steroid dienone is 10. The van der Waals surface area contributed by atoms with Crippen molar-refractivity contribution in [3.8, 4) is 0 Å². The quantitative estimate of drug-likeness (QED) is 0.338. The third-order valence-electron chi connectivity index (χ3n) is 6.16. The van der Waals surface area contributed by atoms with Crippen LogP contribution in [0.2, 0.25) is 0 Å². The van der Waals surface area contributed by atoms with E-state index in [4.69, 9.17) is 0 Å². The number of benzene rings is 1. The molecule has 2 rings (SSSR count). The second-order valence-electron chi connectivity index (χ2n) is 9.79. The zero-order valence-corrected chi connectivity index (χ0v) is 21.5. The van der Waals surface area contributed by atoms with Gasteiger partial charge in [0.15, 0.2) is 11.6 Å². The van der Waals surface area contributed by atoms with E-state index in [9.17, 15) is 9.59 Å². The molecule has 1 aliphatic rings. The van der Waals surface area contributed by atoms with Gasteiger partial charge in [0.25, 0.3) is 0 Å². The summed E-state index contributed by atoms with van der Waals surface area (Å²) in [5.41, 5.74) is 7.54. The van der Waals surface area contributed by atoms with E-state index in [1.54, 1.807) is 12.1 Å². The van der Waals surface area contributed by atoms with E-state index in [0.29, 0.717) is 22.3 Å². The van der Waals surface area contributed by atoms with Gasteiger partial charge in [0.2, 0.25) is 0 Å². The maximum absolute atomic E-state index is 13.5. The van der Waals surface area contributed by atoms with Crippen LogP contribution in [0.5, 0.6) is 0 Å². The van der Waals surface area contributed by atoms with Crippen LogP contribution in [-0.4, -0.2) is 11.6 Å². The van der Waals surface area contributed by atoms with Crippen LogP contribution >= 0.6 is 0 Å². The largest absolute Gasteiger partial charge is 0.289 e. The van der Waals surface area contributed by atoms with Gasteiger partial charge >= 0.3 is 0 Å². The predicted molar refractivity (Wildman–Crippen MR) is 141 cm³/mol. The Morgan fingerprint density at radius 2 is 1.27 bits per heavy atom. The molecule has 0 bridgehead atoms. The van der Waals surface area contributed by atoms with Crippen LogP contribution in [0.4, 0.5) is 0 Å². The molecule has 33 heavy (non-hydrogen) atoms. The fourth-order valence-corrected chi connectivity index (χ4v) is 4.27. The van der Waals surface area contributed by atoms with Crippen LogP contribution in [-0.2, 0) is 0 Å². The molecule has 0 amide bonds. The summed E-state index contributed by atoms with van der Waals surface area (Å²) in [6, 6.07) is 7.21. The van der Waals surface area contributed by atoms with Crippen molar-refractivity contribution in [3.05, 3.63) is 93.1 Å². The van der Waals surface area contributed by atoms with Crippen molar-refractivity contribution >= 4 is 11.6 Å². The lowest BCUT2D eigenvalue weighted by Crippen LogP contribution is -2.25. The fourth-order valence-electron chi connectivity index (χ4n) is 4.27. The summed E-state index contributed by atoms with van der Waals surface area (Å²) in [6.45, 7) is 14.6. The molecular formula is C31H40O2. The number of carbonyl (C=O) groups excluding carboxylic acids is 2. The van der Waals surface area contributed by atoms with E-state index in [-0.39, 0.29) is 17.5 Å². The molecule has 1 aliphatic carbocycles. The number of ketones is 2. The number of fused-ring (bicyclic) bond motifs is 1. The molecule has 0 aromatic heterocycles. The van der Waals surface area contributed by atoms with Crippen molar-refractivity contribution < 1.29 is 9.59 Å². The lowest BCUT2D eigenvalue weighted by molar-refractivity contribution is 0.0968. The average Bonchev–Trinajstić information content (AvgIpc) is 2.75. The second-order valence-corrected chi connectivity index (χ2v) is 9.79. The highest BCUT2D eigenvalue weighted by Crippen LogP contribution is 2.34. The molecule has 1 aromatic rings. The SMILES string of the molecule is CC(C)=CCCC(C)=CCC(C=C(C)CCC=C(C)C)C1=C(C)C(=O)c2ccccc2C1=O. The van der Waals surface area contributed by atoms with Crippen LogP contribution < -0.4 is 0 Å². The van der Waals surface area contributed by atoms with Crippen LogP contribution in [0.25, 0.3) is 0 Å². The Bertz CT molecular complexity index is 1030. The van der Waals surface area contributed by atoms with Gasteiger partial charge in [0.05, 0.1) is 0 Å². The highest BCUT2D eigenvalue weighted by molar-refractivity contribution is 6.27. The molecule has 0 aliphatic heterocycles. The normalized spacial score (nSPS) is 15.4. The molecule has 0 N–H and O–H groups in total. The van der Waals surface area contributed by atoms with E-state index < -0.39 is 0 Å². The van der Waals surface area contributed by atoms with Gasteiger partial charge in [-0.1, -0.05) is 70.9 Å². The van der Waals surface area contributed by atoms with Gasteiger partial charge in [0.1, 0.15) is 0 Å². The number of rotatable bonds is 10. The Labute approximate surface area is 200 Å². The minimum Gasteiger partial charge on any atom is -0.289 e.